The molecule has 0 unspecified atom stereocenters. The highest BCUT2D eigenvalue weighted by atomic mass is 35.5. The van der Waals surface area contributed by atoms with E-state index in [2.05, 4.69) is 15.4 Å². The Morgan fingerprint density at radius 3 is 2.53 bits per heavy atom. The number of aliphatic imine (C=N–C) groups is 1. The van der Waals surface area contributed by atoms with E-state index in [-0.39, 0.29) is 5.54 Å². The molecule has 0 atom stereocenters. The van der Waals surface area contributed by atoms with E-state index in [4.69, 9.17) is 17.4 Å². The summed E-state index contributed by atoms with van der Waals surface area (Å²) >= 11 is 5.74. The maximum Gasteiger partial charge on any atom is 0.162 e. The zero-order chi connectivity index (χ0) is 11.5. The number of nitrogens with two attached hydrogens (primary N) is 1. The first-order chi connectivity index (χ1) is 6.92. The molecule has 0 aromatic carbocycles. The summed E-state index contributed by atoms with van der Waals surface area (Å²) in [7, 11) is 0. The van der Waals surface area contributed by atoms with Crippen LogP contribution in [0.25, 0.3) is 0 Å². The van der Waals surface area contributed by atoms with E-state index in [0.717, 1.165) is 0 Å². The molecule has 0 aliphatic rings. The molecule has 1 aromatic heterocycles. The minimum Gasteiger partial charge on any atom is -0.307 e. The Morgan fingerprint density at radius 2 is 2.13 bits per heavy atom. The van der Waals surface area contributed by atoms with Crippen molar-refractivity contribution in [3.05, 3.63) is 29.0 Å². The van der Waals surface area contributed by atoms with Gasteiger partial charge in [0, 0.05) is 6.20 Å². The SMILES string of the molecule is CC(C)(C)N=C(NN)c1ccc(Cl)cn1. The van der Waals surface area contributed by atoms with Gasteiger partial charge < -0.3 is 5.43 Å². The van der Waals surface area contributed by atoms with Crippen LogP contribution < -0.4 is 11.3 Å². The Balaban J connectivity index is 3.03. The van der Waals surface area contributed by atoms with Gasteiger partial charge in [-0.15, -0.1) is 0 Å². The van der Waals surface area contributed by atoms with Gasteiger partial charge in [-0.05, 0) is 32.9 Å². The molecular weight excluding hydrogens is 212 g/mol. The van der Waals surface area contributed by atoms with Crippen molar-refractivity contribution in [3.8, 4) is 0 Å². The van der Waals surface area contributed by atoms with E-state index >= 15 is 0 Å². The average Bonchev–Trinajstić information content (AvgIpc) is 2.14. The van der Waals surface area contributed by atoms with Crippen molar-refractivity contribution >= 4 is 17.4 Å². The number of aromatic nitrogens is 1. The molecule has 1 aromatic rings. The van der Waals surface area contributed by atoms with Gasteiger partial charge in [-0.3, -0.25) is 9.98 Å². The summed E-state index contributed by atoms with van der Waals surface area (Å²) in [6, 6.07) is 3.52. The van der Waals surface area contributed by atoms with Gasteiger partial charge >= 0.3 is 0 Å². The second-order valence-electron chi connectivity index (χ2n) is 4.14. The minimum absolute atomic E-state index is 0.205. The third-order valence-corrected chi connectivity index (χ3v) is 1.78. The van der Waals surface area contributed by atoms with Crippen LogP contribution in [0, 0.1) is 0 Å². The highest BCUT2D eigenvalue weighted by Crippen LogP contribution is 2.10. The van der Waals surface area contributed by atoms with Crippen LogP contribution in [0.4, 0.5) is 0 Å². The number of amidine groups is 1. The molecule has 15 heavy (non-hydrogen) atoms. The molecule has 0 aliphatic carbocycles. The number of halogens is 1. The van der Waals surface area contributed by atoms with Crippen molar-refractivity contribution in [1.82, 2.24) is 10.4 Å². The second-order valence-corrected chi connectivity index (χ2v) is 4.57. The van der Waals surface area contributed by atoms with Crippen molar-refractivity contribution in [3.63, 3.8) is 0 Å². The van der Waals surface area contributed by atoms with Gasteiger partial charge in [-0.2, -0.15) is 0 Å². The first kappa shape index (κ1) is 11.9. The molecule has 1 rings (SSSR count). The Kier molecular flexibility index (Phi) is 3.66. The van der Waals surface area contributed by atoms with Crippen LogP contribution in [0.1, 0.15) is 26.5 Å². The summed E-state index contributed by atoms with van der Waals surface area (Å²) in [5.41, 5.74) is 3.01. The van der Waals surface area contributed by atoms with Crippen LogP contribution >= 0.6 is 11.6 Å². The quantitative estimate of drug-likeness (QED) is 0.332. The molecule has 0 saturated carbocycles. The zero-order valence-corrected chi connectivity index (χ0v) is 9.84. The standard InChI is InChI=1S/C10H15ClN4/c1-10(2,3)14-9(15-12)8-5-4-7(11)6-13-8/h4-6H,12H2,1-3H3,(H,14,15). The number of nitrogens with zero attached hydrogens (tertiary/aromatic N) is 2. The molecule has 0 fully saturated rings. The van der Waals surface area contributed by atoms with Crippen molar-refractivity contribution in [2.75, 3.05) is 0 Å². The summed E-state index contributed by atoms with van der Waals surface area (Å²) in [5.74, 6) is 5.95. The normalized spacial score (nSPS) is 12.7. The molecule has 0 bridgehead atoms. The fraction of sp³-hybridized carbons (Fsp3) is 0.400. The summed E-state index contributed by atoms with van der Waals surface area (Å²) in [6.45, 7) is 5.96. The van der Waals surface area contributed by atoms with Gasteiger partial charge in [0.25, 0.3) is 0 Å². The number of rotatable bonds is 1. The molecule has 4 nitrogen and oxygen atoms in total. The summed E-state index contributed by atoms with van der Waals surface area (Å²) in [6.07, 6.45) is 1.56. The van der Waals surface area contributed by atoms with E-state index in [1.165, 1.54) is 0 Å². The highest BCUT2D eigenvalue weighted by Gasteiger charge is 2.11. The third kappa shape index (κ3) is 3.85. The van der Waals surface area contributed by atoms with Gasteiger partial charge in [0.1, 0.15) is 5.69 Å². The fourth-order valence-corrected chi connectivity index (χ4v) is 1.13. The van der Waals surface area contributed by atoms with Crippen LogP contribution in [-0.4, -0.2) is 16.4 Å². The molecular formula is C10H15ClN4. The lowest BCUT2D eigenvalue weighted by Crippen LogP contribution is -2.34. The highest BCUT2D eigenvalue weighted by molar-refractivity contribution is 6.30. The zero-order valence-electron chi connectivity index (χ0n) is 9.08. The van der Waals surface area contributed by atoms with Crippen molar-refractivity contribution in [2.24, 2.45) is 10.8 Å². The molecule has 82 valence electrons. The maximum atomic E-state index is 5.74. The van der Waals surface area contributed by atoms with Crippen LogP contribution in [0.2, 0.25) is 5.02 Å². The smallest absolute Gasteiger partial charge is 0.162 e. The molecule has 0 saturated heterocycles. The van der Waals surface area contributed by atoms with Crippen molar-refractivity contribution < 1.29 is 0 Å². The summed E-state index contributed by atoms with van der Waals surface area (Å²) in [5, 5.41) is 0.589. The molecule has 1 heterocycles. The second kappa shape index (κ2) is 4.59. The molecule has 0 aliphatic heterocycles. The molecule has 0 radical (unpaired) electrons. The number of hydrogen-bond donors (Lipinski definition) is 2. The van der Waals surface area contributed by atoms with Crippen LogP contribution in [0.15, 0.2) is 23.3 Å². The van der Waals surface area contributed by atoms with E-state index in [9.17, 15) is 0 Å². The molecule has 3 N–H and O–H groups in total. The fourth-order valence-electron chi connectivity index (χ4n) is 1.01. The van der Waals surface area contributed by atoms with Crippen LogP contribution in [-0.2, 0) is 0 Å². The van der Waals surface area contributed by atoms with Gasteiger partial charge in [-0.1, -0.05) is 11.6 Å². The summed E-state index contributed by atoms with van der Waals surface area (Å²) in [4.78, 5) is 8.53. The lowest BCUT2D eigenvalue weighted by atomic mass is 10.1. The number of hydrazine groups is 1. The molecule has 5 heteroatoms. The predicted octanol–water partition coefficient (Wildman–Crippen LogP) is 1.74. The molecule has 0 amide bonds. The average molecular weight is 227 g/mol. The predicted molar refractivity (Wildman–Crippen MR) is 62.9 cm³/mol. The lowest BCUT2D eigenvalue weighted by molar-refractivity contribution is 0.580. The summed E-state index contributed by atoms with van der Waals surface area (Å²) < 4.78 is 0. The monoisotopic (exact) mass is 226 g/mol. The number of hydrogen-bond acceptors (Lipinski definition) is 3. The maximum absolute atomic E-state index is 5.74. The van der Waals surface area contributed by atoms with Gasteiger partial charge in [0.15, 0.2) is 5.84 Å². The van der Waals surface area contributed by atoms with Crippen LogP contribution in [0.3, 0.4) is 0 Å². The topological polar surface area (TPSA) is 63.3 Å². The Morgan fingerprint density at radius 1 is 1.47 bits per heavy atom. The van der Waals surface area contributed by atoms with Gasteiger partial charge in [0.2, 0.25) is 0 Å². The lowest BCUT2D eigenvalue weighted by Gasteiger charge is -2.15. The Bertz CT molecular complexity index is 351. The van der Waals surface area contributed by atoms with E-state index in [1.807, 2.05) is 20.8 Å². The van der Waals surface area contributed by atoms with Crippen molar-refractivity contribution in [1.29, 1.82) is 0 Å². The molecule has 0 spiro atoms. The van der Waals surface area contributed by atoms with E-state index < -0.39 is 0 Å². The van der Waals surface area contributed by atoms with E-state index in [0.29, 0.717) is 16.6 Å². The van der Waals surface area contributed by atoms with E-state index in [1.54, 1.807) is 18.3 Å². The van der Waals surface area contributed by atoms with Gasteiger partial charge in [-0.25, -0.2) is 5.84 Å². The van der Waals surface area contributed by atoms with Crippen molar-refractivity contribution in [2.45, 2.75) is 26.3 Å². The van der Waals surface area contributed by atoms with Gasteiger partial charge in [0.05, 0.1) is 10.6 Å². The Hall–Kier alpha value is -1.13. The third-order valence-electron chi connectivity index (χ3n) is 1.55. The number of pyridine rings is 1. The largest absolute Gasteiger partial charge is 0.307 e. The number of nitrogens with one attached hydrogen (secondary N) is 1. The van der Waals surface area contributed by atoms with Crippen LogP contribution in [0.5, 0.6) is 0 Å². The first-order valence-electron chi connectivity index (χ1n) is 4.61. The first-order valence-corrected chi connectivity index (χ1v) is 4.98. The Labute approximate surface area is 94.5 Å². The minimum atomic E-state index is -0.205.